The van der Waals surface area contributed by atoms with Crippen molar-refractivity contribution in [3.8, 4) is 33.5 Å². The van der Waals surface area contributed by atoms with E-state index in [4.69, 9.17) is 6.57 Å². The first-order valence-corrected chi connectivity index (χ1v) is 15.4. The van der Waals surface area contributed by atoms with Gasteiger partial charge in [-0.3, -0.25) is 0 Å². The number of carbonyl (C=O) groups is 1. The van der Waals surface area contributed by atoms with E-state index >= 15 is 4.39 Å². The van der Waals surface area contributed by atoms with Crippen LogP contribution in [0, 0.1) is 18.2 Å². The molecule has 6 rings (SSSR count). The molecule has 0 aliphatic carbocycles. The van der Waals surface area contributed by atoms with Gasteiger partial charge < -0.3 is 4.74 Å². The smallest absolute Gasteiger partial charge is 0.337 e. The summed E-state index contributed by atoms with van der Waals surface area (Å²) in [5.74, 6) is -2.13. The topological polar surface area (TPSA) is 69.7 Å². The SMILES string of the molecule is [C-]#[N+]c1ccccc1-c1c(-c2cccc(-c3ccc(C(=O)OC)cc3F)c2)n(S(=O)(=O)c2ccc(C(F)F)cc2)c2ccc(F)cc12. The summed E-state index contributed by atoms with van der Waals surface area (Å²) in [6.45, 7) is 7.80. The van der Waals surface area contributed by atoms with Crippen molar-refractivity contribution in [3.63, 3.8) is 0 Å². The number of rotatable bonds is 7. The zero-order chi connectivity index (χ0) is 33.5. The number of methoxy groups -OCH3 is 1. The molecule has 6 nitrogen and oxygen atoms in total. The van der Waals surface area contributed by atoms with Crippen LogP contribution in [0.1, 0.15) is 22.3 Å². The van der Waals surface area contributed by atoms with Gasteiger partial charge in [-0.25, -0.2) is 39.6 Å². The number of halogens is 4. The number of benzene rings is 5. The minimum Gasteiger partial charge on any atom is -0.465 e. The molecule has 0 saturated heterocycles. The molecule has 0 aliphatic rings. The maximum atomic E-state index is 15.4. The van der Waals surface area contributed by atoms with Gasteiger partial charge in [0.05, 0.1) is 35.4 Å². The van der Waals surface area contributed by atoms with Gasteiger partial charge in [0.15, 0.2) is 5.69 Å². The first-order valence-electron chi connectivity index (χ1n) is 14.0. The lowest BCUT2D eigenvalue weighted by Gasteiger charge is -2.16. The molecule has 5 aromatic carbocycles. The summed E-state index contributed by atoms with van der Waals surface area (Å²) in [5, 5.41) is 0.169. The molecule has 0 unspecified atom stereocenters. The second-order valence-corrected chi connectivity index (χ2v) is 12.2. The maximum absolute atomic E-state index is 15.4. The van der Waals surface area contributed by atoms with Crippen molar-refractivity contribution in [1.82, 2.24) is 3.97 Å². The lowest BCUT2D eigenvalue weighted by atomic mass is 9.95. The fourth-order valence-electron chi connectivity index (χ4n) is 5.52. The van der Waals surface area contributed by atoms with Crippen molar-refractivity contribution in [1.29, 1.82) is 0 Å². The van der Waals surface area contributed by atoms with Gasteiger partial charge in [-0.05, 0) is 59.7 Å². The van der Waals surface area contributed by atoms with E-state index in [1.807, 2.05) is 0 Å². The van der Waals surface area contributed by atoms with E-state index in [9.17, 15) is 26.4 Å². The number of fused-ring (bicyclic) bond motifs is 1. The molecule has 0 bridgehead atoms. The van der Waals surface area contributed by atoms with E-state index < -0.39 is 34.1 Å². The van der Waals surface area contributed by atoms with E-state index in [1.54, 1.807) is 42.5 Å². The molecule has 0 N–H and O–H groups in total. The number of nitrogens with zero attached hydrogens (tertiary/aromatic N) is 2. The van der Waals surface area contributed by atoms with Crippen LogP contribution in [0.3, 0.4) is 0 Å². The average molecular weight is 655 g/mol. The second kappa shape index (κ2) is 12.2. The average Bonchev–Trinajstić information content (AvgIpc) is 3.42. The Balaban J connectivity index is 1.70. The summed E-state index contributed by atoms with van der Waals surface area (Å²) < 4.78 is 91.5. The third-order valence-electron chi connectivity index (χ3n) is 7.69. The van der Waals surface area contributed by atoms with Crippen LogP contribution < -0.4 is 0 Å². The van der Waals surface area contributed by atoms with Crippen LogP contribution in [0.2, 0.25) is 0 Å². The van der Waals surface area contributed by atoms with Crippen molar-refractivity contribution in [2.45, 2.75) is 11.3 Å². The molecule has 0 atom stereocenters. The van der Waals surface area contributed by atoms with Crippen molar-refractivity contribution in [2.24, 2.45) is 0 Å². The van der Waals surface area contributed by atoms with E-state index in [-0.39, 0.29) is 55.0 Å². The standard InChI is InChI=1S/C36H22F4N2O4S/c1-41-31-9-4-3-8-28(31)33-29-20-25(37)13-17-32(29)42(47(44,45)26-14-10-21(11-15-26)35(39)40)34(33)23-7-5-6-22(18-23)27-16-12-24(19-30(27)38)36(43)46-2/h3-20,35H,2H3. The number of esters is 1. The summed E-state index contributed by atoms with van der Waals surface area (Å²) in [5.41, 5.74) is 1.10. The first-order chi connectivity index (χ1) is 22.5. The maximum Gasteiger partial charge on any atom is 0.337 e. The van der Waals surface area contributed by atoms with Crippen LogP contribution in [-0.2, 0) is 14.8 Å². The van der Waals surface area contributed by atoms with Gasteiger partial charge in [0.1, 0.15) is 11.6 Å². The molecule has 0 amide bonds. The summed E-state index contributed by atoms with van der Waals surface area (Å²) in [6, 6.07) is 24.3. The molecule has 0 spiro atoms. The monoisotopic (exact) mass is 654 g/mol. The van der Waals surface area contributed by atoms with E-state index in [1.165, 1.54) is 31.4 Å². The lowest BCUT2D eigenvalue weighted by molar-refractivity contribution is 0.0600. The van der Waals surface area contributed by atoms with Gasteiger partial charge in [0.25, 0.3) is 16.4 Å². The largest absolute Gasteiger partial charge is 0.465 e. The fourth-order valence-corrected chi connectivity index (χ4v) is 7.07. The van der Waals surface area contributed by atoms with Crippen LogP contribution >= 0.6 is 0 Å². The molecule has 0 aliphatic heterocycles. The van der Waals surface area contributed by atoms with E-state index in [0.717, 1.165) is 46.4 Å². The Labute approximate surface area is 267 Å². The second-order valence-electron chi connectivity index (χ2n) is 10.4. The Morgan fingerprint density at radius 2 is 1.55 bits per heavy atom. The molecule has 0 saturated carbocycles. The van der Waals surface area contributed by atoms with Crippen molar-refractivity contribution < 1.29 is 35.5 Å². The first kappa shape index (κ1) is 31.3. The quantitative estimate of drug-likeness (QED) is 0.0977. The highest BCUT2D eigenvalue weighted by molar-refractivity contribution is 7.90. The van der Waals surface area contributed by atoms with Gasteiger partial charge in [-0.2, -0.15) is 0 Å². The zero-order valence-electron chi connectivity index (χ0n) is 24.4. The number of ether oxygens (including phenoxy) is 1. The molecule has 11 heteroatoms. The van der Waals surface area contributed by atoms with Crippen LogP contribution in [0.4, 0.5) is 23.2 Å². The summed E-state index contributed by atoms with van der Waals surface area (Å²) in [4.78, 5) is 15.3. The van der Waals surface area contributed by atoms with Crippen LogP contribution in [-0.4, -0.2) is 25.5 Å². The van der Waals surface area contributed by atoms with Gasteiger partial charge in [0.2, 0.25) is 0 Å². The summed E-state index contributed by atoms with van der Waals surface area (Å²) in [6.07, 6.45) is -2.82. The Morgan fingerprint density at radius 1 is 0.830 bits per heavy atom. The van der Waals surface area contributed by atoms with Crippen LogP contribution in [0.25, 0.3) is 49.3 Å². The number of alkyl halides is 2. The minimum absolute atomic E-state index is 0.00551. The Bertz CT molecular complexity index is 2340. The normalized spacial score (nSPS) is 11.5. The van der Waals surface area contributed by atoms with Gasteiger partial charge in [0, 0.05) is 27.6 Å². The predicted octanol–water partition coefficient (Wildman–Crippen LogP) is 9.43. The Morgan fingerprint density at radius 3 is 2.23 bits per heavy atom. The third kappa shape index (κ3) is 5.53. The molecule has 0 fully saturated rings. The highest BCUT2D eigenvalue weighted by Gasteiger charge is 2.30. The zero-order valence-corrected chi connectivity index (χ0v) is 25.2. The molecule has 47 heavy (non-hydrogen) atoms. The van der Waals surface area contributed by atoms with Gasteiger partial charge >= 0.3 is 5.97 Å². The highest BCUT2D eigenvalue weighted by atomic mass is 32.2. The highest BCUT2D eigenvalue weighted by Crippen LogP contribution is 2.46. The van der Waals surface area contributed by atoms with Crippen LogP contribution in [0.5, 0.6) is 0 Å². The Hall–Kier alpha value is -5.73. The van der Waals surface area contributed by atoms with Gasteiger partial charge in [-0.15, -0.1) is 0 Å². The minimum atomic E-state index is -4.56. The predicted molar refractivity (Wildman–Crippen MR) is 170 cm³/mol. The summed E-state index contributed by atoms with van der Waals surface area (Å²) >= 11 is 0. The number of para-hydroxylation sites is 1. The van der Waals surface area contributed by atoms with E-state index in [0.29, 0.717) is 11.1 Å². The number of hydrogen-bond acceptors (Lipinski definition) is 4. The molecule has 234 valence electrons. The molecule has 1 aromatic heterocycles. The molecular weight excluding hydrogens is 632 g/mol. The number of carbonyl (C=O) groups excluding carboxylic acids is 1. The summed E-state index contributed by atoms with van der Waals surface area (Å²) in [7, 11) is -3.39. The Kier molecular flexibility index (Phi) is 8.13. The molecular formula is C36H22F4N2O4S. The van der Waals surface area contributed by atoms with Crippen molar-refractivity contribution in [3.05, 3.63) is 143 Å². The fraction of sp³-hybridized carbons (Fsp3) is 0.0556. The van der Waals surface area contributed by atoms with Crippen molar-refractivity contribution in [2.75, 3.05) is 7.11 Å². The number of hydrogen-bond donors (Lipinski definition) is 0. The third-order valence-corrected chi connectivity index (χ3v) is 9.42. The molecule has 6 aromatic rings. The van der Waals surface area contributed by atoms with Gasteiger partial charge in [-0.1, -0.05) is 60.7 Å². The van der Waals surface area contributed by atoms with Crippen molar-refractivity contribution >= 4 is 32.6 Å². The van der Waals surface area contributed by atoms with Crippen LogP contribution in [0.15, 0.2) is 114 Å². The lowest BCUT2D eigenvalue weighted by Crippen LogP contribution is -2.14. The number of aromatic nitrogens is 1. The van der Waals surface area contributed by atoms with E-state index in [2.05, 4.69) is 9.58 Å². The molecule has 1 heterocycles. The molecule has 0 radical (unpaired) electrons.